The van der Waals surface area contributed by atoms with Crippen molar-refractivity contribution in [3.05, 3.63) is 106 Å². The molecule has 35 heavy (non-hydrogen) atoms. The quantitative estimate of drug-likeness (QED) is 0.563. The number of nitrogens with zero attached hydrogens (tertiary/aromatic N) is 2. The average molecular weight is 472 g/mol. The van der Waals surface area contributed by atoms with Crippen LogP contribution in [0, 0.1) is 0 Å². The Morgan fingerprint density at radius 2 is 1.57 bits per heavy atom. The van der Waals surface area contributed by atoms with Crippen LogP contribution in [0.15, 0.2) is 77.9 Å². The van der Waals surface area contributed by atoms with E-state index in [1.165, 1.54) is 5.56 Å². The standard InChI is InChI=1S/C29H33N3O3/c1-21(2)32-19-25(28(34)30-18-22-10-5-3-6-11-22)27(33)26(20-32)29(35)31-16-9-14-24(15-17-31)23-12-7-4-8-13-23/h3-8,10-13,19-21,24H,9,14-18H2,1-2H3,(H,30,34). The Kier molecular flexibility index (Phi) is 7.80. The number of carbonyl (C=O) groups excluding carboxylic acids is 2. The van der Waals surface area contributed by atoms with Gasteiger partial charge in [0.15, 0.2) is 0 Å². The van der Waals surface area contributed by atoms with Crippen LogP contribution in [0.2, 0.25) is 0 Å². The highest BCUT2D eigenvalue weighted by Gasteiger charge is 2.26. The van der Waals surface area contributed by atoms with Crippen molar-refractivity contribution < 1.29 is 9.59 Å². The fourth-order valence-corrected chi connectivity index (χ4v) is 4.61. The lowest BCUT2D eigenvalue weighted by molar-refractivity contribution is 0.0758. The molecule has 0 saturated carbocycles. The lowest BCUT2D eigenvalue weighted by atomic mass is 9.92. The van der Waals surface area contributed by atoms with Gasteiger partial charge in [-0.3, -0.25) is 14.4 Å². The molecule has 2 heterocycles. The number of rotatable bonds is 6. The second kappa shape index (κ2) is 11.2. The summed E-state index contributed by atoms with van der Waals surface area (Å²) >= 11 is 0. The number of pyridine rings is 1. The number of hydrogen-bond acceptors (Lipinski definition) is 3. The Morgan fingerprint density at radius 1 is 0.914 bits per heavy atom. The van der Waals surface area contributed by atoms with Crippen molar-refractivity contribution in [3.8, 4) is 0 Å². The van der Waals surface area contributed by atoms with Gasteiger partial charge in [0, 0.05) is 38.1 Å². The molecule has 2 aromatic carbocycles. The van der Waals surface area contributed by atoms with Crippen LogP contribution in [-0.2, 0) is 6.54 Å². The first-order valence-corrected chi connectivity index (χ1v) is 12.4. The summed E-state index contributed by atoms with van der Waals surface area (Å²) in [4.78, 5) is 41.6. The van der Waals surface area contributed by atoms with Gasteiger partial charge >= 0.3 is 0 Å². The molecule has 1 saturated heterocycles. The molecule has 1 unspecified atom stereocenters. The molecular weight excluding hydrogens is 438 g/mol. The van der Waals surface area contributed by atoms with Crippen LogP contribution in [0.25, 0.3) is 0 Å². The Bertz CT molecular complexity index is 1220. The third-order valence-electron chi connectivity index (χ3n) is 6.70. The number of carbonyl (C=O) groups is 2. The SMILES string of the molecule is CC(C)n1cc(C(=O)NCc2ccccc2)c(=O)c(C(=O)N2CCCC(c3ccccc3)CC2)c1. The zero-order valence-corrected chi connectivity index (χ0v) is 20.4. The first kappa shape index (κ1) is 24.5. The number of likely N-dealkylation sites (tertiary alicyclic amines) is 1. The Labute approximate surface area is 206 Å². The summed E-state index contributed by atoms with van der Waals surface area (Å²) in [5, 5.41) is 2.82. The largest absolute Gasteiger partial charge is 0.350 e. The fraction of sp³-hybridized carbons (Fsp3) is 0.345. The molecule has 0 spiro atoms. The smallest absolute Gasteiger partial charge is 0.259 e. The summed E-state index contributed by atoms with van der Waals surface area (Å²) in [6, 6.07) is 19.9. The molecule has 4 rings (SSSR count). The molecule has 1 aromatic heterocycles. The van der Waals surface area contributed by atoms with Crippen molar-refractivity contribution in [3.63, 3.8) is 0 Å². The van der Waals surface area contributed by atoms with E-state index < -0.39 is 11.3 Å². The lowest BCUT2D eigenvalue weighted by Crippen LogP contribution is -2.38. The zero-order chi connectivity index (χ0) is 24.8. The van der Waals surface area contributed by atoms with Gasteiger partial charge in [-0.2, -0.15) is 0 Å². The topological polar surface area (TPSA) is 71.4 Å². The van der Waals surface area contributed by atoms with Crippen molar-refractivity contribution in [1.29, 1.82) is 0 Å². The summed E-state index contributed by atoms with van der Waals surface area (Å²) in [5.41, 5.74) is 1.78. The van der Waals surface area contributed by atoms with Gasteiger partial charge in [0.25, 0.3) is 11.8 Å². The maximum absolute atomic E-state index is 13.5. The van der Waals surface area contributed by atoms with Gasteiger partial charge in [0.1, 0.15) is 11.1 Å². The van der Waals surface area contributed by atoms with Crippen LogP contribution in [0.3, 0.4) is 0 Å². The van der Waals surface area contributed by atoms with E-state index in [1.807, 2.05) is 62.4 Å². The second-order valence-corrected chi connectivity index (χ2v) is 9.45. The lowest BCUT2D eigenvalue weighted by Gasteiger charge is -2.22. The molecule has 1 atom stereocenters. The maximum Gasteiger partial charge on any atom is 0.259 e. The van der Waals surface area contributed by atoms with Crippen molar-refractivity contribution in [2.24, 2.45) is 0 Å². The second-order valence-electron chi connectivity index (χ2n) is 9.45. The molecule has 6 heteroatoms. The summed E-state index contributed by atoms with van der Waals surface area (Å²) < 4.78 is 1.77. The van der Waals surface area contributed by atoms with Gasteiger partial charge in [-0.05, 0) is 50.2 Å². The third-order valence-corrected chi connectivity index (χ3v) is 6.70. The van der Waals surface area contributed by atoms with E-state index >= 15 is 0 Å². The van der Waals surface area contributed by atoms with E-state index in [4.69, 9.17) is 0 Å². The highest BCUT2D eigenvalue weighted by molar-refractivity contribution is 5.99. The van der Waals surface area contributed by atoms with E-state index in [-0.39, 0.29) is 23.1 Å². The van der Waals surface area contributed by atoms with E-state index in [0.717, 1.165) is 24.8 Å². The molecule has 1 aliphatic heterocycles. The van der Waals surface area contributed by atoms with Crippen LogP contribution in [0.4, 0.5) is 0 Å². The normalized spacial score (nSPS) is 16.1. The van der Waals surface area contributed by atoms with Crippen LogP contribution in [-0.4, -0.2) is 34.4 Å². The first-order valence-electron chi connectivity index (χ1n) is 12.4. The molecule has 6 nitrogen and oxygen atoms in total. The van der Waals surface area contributed by atoms with E-state index in [0.29, 0.717) is 25.6 Å². The molecule has 1 N–H and O–H groups in total. The molecule has 0 aliphatic carbocycles. The third kappa shape index (κ3) is 5.88. The van der Waals surface area contributed by atoms with Gasteiger partial charge < -0.3 is 14.8 Å². The average Bonchev–Trinajstić information content (AvgIpc) is 3.14. The van der Waals surface area contributed by atoms with E-state index in [9.17, 15) is 14.4 Å². The van der Waals surface area contributed by atoms with Gasteiger partial charge in [0.05, 0.1) is 0 Å². The predicted octanol–water partition coefficient (Wildman–Crippen LogP) is 4.77. The molecule has 0 bridgehead atoms. The number of aromatic nitrogens is 1. The summed E-state index contributed by atoms with van der Waals surface area (Å²) in [6.45, 7) is 5.42. The monoisotopic (exact) mass is 471 g/mol. The van der Waals surface area contributed by atoms with Crippen LogP contribution in [0.5, 0.6) is 0 Å². The minimum absolute atomic E-state index is 0.00235. The van der Waals surface area contributed by atoms with Crippen LogP contribution < -0.4 is 10.7 Å². The van der Waals surface area contributed by atoms with Crippen molar-refractivity contribution in [1.82, 2.24) is 14.8 Å². The van der Waals surface area contributed by atoms with E-state index in [2.05, 4.69) is 17.4 Å². The maximum atomic E-state index is 13.5. The van der Waals surface area contributed by atoms with Gasteiger partial charge in [-0.25, -0.2) is 0 Å². The Balaban J connectivity index is 1.55. The molecule has 182 valence electrons. The summed E-state index contributed by atoms with van der Waals surface area (Å²) in [6.07, 6.45) is 5.89. The highest BCUT2D eigenvalue weighted by atomic mass is 16.2. The Hall–Kier alpha value is -3.67. The van der Waals surface area contributed by atoms with E-state index in [1.54, 1.807) is 21.9 Å². The summed E-state index contributed by atoms with van der Waals surface area (Å²) in [7, 11) is 0. The minimum atomic E-state index is -0.513. The highest BCUT2D eigenvalue weighted by Crippen LogP contribution is 2.28. The predicted molar refractivity (Wildman–Crippen MR) is 138 cm³/mol. The summed E-state index contributed by atoms with van der Waals surface area (Å²) in [5.74, 6) is -0.366. The van der Waals surface area contributed by atoms with Crippen LogP contribution in [0.1, 0.15) is 76.9 Å². The van der Waals surface area contributed by atoms with Gasteiger partial charge in [-0.15, -0.1) is 0 Å². The molecule has 1 aliphatic rings. The number of nitrogens with one attached hydrogen (secondary N) is 1. The first-order chi connectivity index (χ1) is 16.9. The molecule has 3 aromatic rings. The van der Waals surface area contributed by atoms with Crippen molar-refractivity contribution in [2.75, 3.05) is 13.1 Å². The molecule has 1 fully saturated rings. The number of amides is 2. The van der Waals surface area contributed by atoms with Crippen molar-refractivity contribution in [2.45, 2.75) is 51.6 Å². The molecule has 0 radical (unpaired) electrons. The minimum Gasteiger partial charge on any atom is -0.350 e. The van der Waals surface area contributed by atoms with Crippen LogP contribution >= 0.6 is 0 Å². The van der Waals surface area contributed by atoms with Gasteiger partial charge in [-0.1, -0.05) is 60.7 Å². The molecule has 2 amide bonds. The molecular formula is C29H33N3O3. The number of hydrogen-bond donors (Lipinski definition) is 1. The van der Waals surface area contributed by atoms with Crippen molar-refractivity contribution >= 4 is 11.8 Å². The zero-order valence-electron chi connectivity index (χ0n) is 20.4. The van der Waals surface area contributed by atoms with Gasteiger partial charge in [0.2, 0.25) is 5.43 Å². The number of benzene rings is 2. The fourth-order valence-electron chi connectivity index (χ4n) is 4.61. The Morgan fingerprint density at radius 3 is 2.26 bits per heavy atom.